The van der Waals surface area contributed by atoms with E-state index in [9.17, 15) is 9.90 Å². The van der Waals surface area contributed by atoms with Gasteiger partial charge in [0.15, 0.2) is 11.4 Å². The average Bonchev–Trinajstić information content (AvgIpc) is 3.28. The van der Waals surface area contributed by atoms with Crippen LogP contribution in [0.4, 0.5) is 0 Å². The largest absolute Gasteiger partial charge is 0.495 e. The summed E-state index contributed by atoms with van der Waals surface area (Å²) in [4.78, 5) is 19.7. The quantitative estimate of drug-likeness (QED) is 0.330. The first-order valence-corrected chi connectivity index (χ1v) is 13.2. The van der Waals surface area contributed by atoms with Gasteiger partial charge in [-0.1, -0.05) is 76.6 Å². The van der Waals surface area contributed by atoms with Crippen molar-refractivity contribution in [1.29, 1.82) is 0 Å². The van der Waals surface area contributed by atoms with Gasteiger partial charge in [0.1, 0.15) is 11.5 Å². The van der Waals surface area contributed by atoms with Crippen LogP contribution >= 0.6 is 27.7 Å². The van der Waals surface area contributed by atoms with Gasteiger partial charge in [-0.2, -0.15) is 0 Å². The van der Waals surface area contributed by atoms with E-state index in [1.54, 1.807) is 6.20 Å². The van der Waals surface area contributed by atoms with Crippen LogP contribution in [0.5, 0.6) is 11.5 Å². The van der Waals surface area contributed by atoms with E-state index < -0.39 is 22.4 Å². The van der Waals surface area contributed by atoms with Crippen molar-refractivity contribution in [3.8, 4) is 11.5 Å². The number of ketones is 1. The number of nitrogens with zero attached hydrogens (tertiary/aromatic N) is 1. The number of rotatable bonds is 5. The fourth-order valence-electron chi connectivity index (χ4n) is 5.59. The first kappa shape index (κ1) is 23.3. The highest BCUT2D eigenvalue weighted by Gasteiger charge is 2.77. The van der Waals surface area contributed by atoms with Gasteiger partial charge in [-0.15, -0.1) is 11.8 Å². The SMILES string of the molecule is COc1cncc2c1C1(O)C(=O)C(Sc3ccccc3)C(c3ccccc3)C1(c1ccc(Br)cc1)O2. The molecule has 2 heterocycles. The standard InChI is InChI=1S/C29H22BrNO4S/c1-34-22-16-31-17-23-25(22)28(33)27(32)26(36-21-10-6-3-7-11-21)24(18-8-4-2-5-9-18)29(28,35-23)19-12-14-20(30)15-13-19/h2-17,24,26,33H,1H3. The van der Waals surface area contributed by atoms with E-state index in [0.29, 0.717) is 22.6 Å². The van der Waals surface area contributed by atoms with E-state index >= 15 is 0 Å². The number of fused-ring (bicyclic) bond motifs is 3. The summed E-state index contributed by atoms with van der Waals surface area (Å²) in [5, 5.41) is 12.1. The smallest absolute Gasteiger partial charge is 0.201 e. The molecule has 6 rings (SSSR count). The molecule has 0 saturated heterocycles. The molecule has 4 aromatic rings. The van der Waals surface area contributed by atoms with Crippen LogP contribution in [0.1, 0.15) is 22.6 Å². The number of halogens is 1. The van der Waals surface area contributed by atoms with Gasteiger partial charge in [0.2, 0.25) is 5.60 Å². The first-order valence-electron chi connectivity index (χ1n) is 11.5. The van der Waals surface area contributed by atoms with Crippen LogP contribution in [-0.4, -0.2) is 28.2 Å². The highest BCUT2D eigenvalue weighted by atomic mass is 79.9. The maximum Gasteiger partial charge on any atom is 0.201 e. The first-order chi connectivity index (χ1) is 17.5. The van der Waals surface area contributed by atoms with E-state index in [-0.39, 0.29) is 5.78 Å². The molecule has 36 heavy (non-hydrogen) atoms. The molecule has 1 saturated carbocycles. The molecule has 0 bridgehead atoms. The van der Waals surface area contributed by atoms with E-state index in [1.165, 1.54) is 25.1 Å². The van der Waals surface area contributed by atoms with Crippen molar-refractivity contribution in [2.45, 2.75) is 27.3 Å². The van der Waals surface area contributed by atoms with Crippen LogP contribution < -0.4 is 9.47 Å². The number of carbonyl (C=O) groups is 1. The summed E-state index contributed by atoms with van der Waals surface area (Å²) >= 11 is 4.96. The molecular weight excluding hydrogens is 538 g/mol. The number of hydrogen-bond acceptors (Lipinski definition) is 6. The maximum atomic E-state index is 14.5. The Morgan fingerprint density at radius 1 is 0.972 bits per heavy atom. The van der Waals surface area contributed by atoms with Crippen molar-refractivity contribution in [2.24, 2.45) is 0 Å². The van der Waals surface area contributed by atoms with Crippen molar-refractivity contribution in [3.63, 3.8) is 0 Å². The molecule has 5 nitrogen and oxygen atoms in total. The fourth-order valence-corrected chi connectivity index (χ4v) is 7.23. The summed E-state index contributed by atoms with van der Waals surface area (Å²) in [5.74, 6) is -0.173. The summed E-state index contributed by atoms with van der Waals surface area (Å²) in [6.07, 6.45) is 3.06. The molecule has 4 unspecified atom stereocenters. The number of ether oxygens (including phenoxy) is 2. The highest BCUT2D eigenvalue weighted by molar-refractivity contribution is 9.10. The number of hydrogen-bond donors (Lipinski definition) is 1. The lowest BCUT2D eigenvalue weighted by Crippen LogP contribution is -2.50. The number of aromatic nitrogens is 1. The van der Waals surface area contributed by atoms with E-state index in [2.05, 4.69) is 20.9 Å². The summed E-state index contributed by atoms with van der Waals surface area (Å²) in [5.41, 5.74) is -1.51. The van der Waals surface area contributed by atoms with Crippen LogP contribution in [-0.2, 0) is 16.0 Å². The lowest BCUT2D eigenvalue weighted by atomic mass is 9.71. The lowest BCUT2D eigenvalue weighted by molar-refractivity contribution is -0.151. The van der Waals surface area contributed by atoms with Crippen LogP contribution in [0.15, 0.2) is 107 Å². The molecule has 7 heteroatoms. The van der Waals surface area contributed by atoms with Crippen LogP contribution in [0, 0.1) is 0 Å². The predicted molar refractivity (Wildman–Crippen MR) is 141 cm³/mol. The Kier molecular flexibility index (Phi) is 5.67. The third-order valence-corrected chi connectivity index (χ3v) is 8.87. The van der Waals surface area contributed by atoms with Crippen molar-refractivity contribution < 1.29 is 19.4 Å². The summed E-state index contributed by atoms with van der Waals surface area (Å²) < 4.78 is 13.2. The number of carbonyl (C=O) groups excluding carboxylic acids is 1. The van der Waals surface area contributed by atoms with Gasteiger partial charge in [-0.25, -0.2) is 0 Å². The molecule has 0 amide bonds. The predicted octanol–water partition coefficient (Wildman–Crippen LogP) is 5.86. The second-order valence-electron chi connectivity index (χ2n) is 8.87. The zero-order valence-electron chi connectivity index (χ0n) is 19.3. The van der Waals surface area contributed by atoms with Crippen LogP contribution in [0.3, 0.4) is 0 Å². The summed E-state index contributed by atoms with van der Waals surface area (Å²) in [6.45, 7) is 0. The van der Waals surface area contributed by atoms with Gasteiger partial charge in [-0.05, 0) is 35.4 Å². The molecule has 1 aromatic heterocycles. The van der Waals surface area contributed by atoms with E-state index in [0.717, 1.165) is 14.9 Å². The molecule has 0 radical (unpaired) electrons. The number of Topliss-reactive ketones (excluding diaryl/α,β-unsaturated/α-hetero) is 1. The molecule has 2 aliphatic rings. The Balaban J connectivity index is 1.67. The number of methoxy groups -OCH3 is 1. The van der Waals surface area contributed by atoms with Crippen molar-refractivity contribution in [1.82, 2.24) is 4.98 Å². The third-order valence-electron chi connectivity index (χ3n) is 7.06. The van der Waals surface area contributed by atoms with Gasteiger partial charge in [0.05, 0.1) is 36.2 Å². The molecule has 4 atom stereocenters. The Bertz CT molecular complexity index is 1430. The second-order valence-corrected chi connectivity index (χ2v) is 11.0. The maximum absolute atomic E-state index is 14.5. The minimum absolute atomic E-state index is 0.319. The third kappa shape index (κ3) is 3.19. The van der Waals surface area contributed by atoms with Gasteiger partial charge in [0, 0.05) is 9.37 Å². The van der Waals surface area contributed by atoms with Gasteiger partial charge in [-0.3, -0.25) is 9.78 Å². The van der Waals surface area contributed by atoms with Gasteiger partial charge in [0.25, 0.3) is 0 Å². The van der Waals surface area contributed by atoms with Crippen molar-refractivity contribution >= 4 is 33.5 Å². The second kappa shape index (κ2) is 8.76. The number of thioether (sulfide) groups is 1. The van der Waals surface area contributed by atoms with E-state index in [4.69, 9.17) is 9.47 Å². The molecule has 180 valence electrons. The average molecular weight is 560 g/mol. The van der Waals surface area contributed by atoms with Crippen molar-refractivity contribution in [3.05, 3.63) is 118 Å². The number of aliphatic hydroxyl groups is 1. The summed E-state index contributed by atoms with van der Waals surface area (Å²) in [6, 6.07) is 27.2. The van der Waals surface area contributed by atoms with Gasteiger partial charge >= 0.3 is 0 Å². The Morgan fingerprint density at radius 2 is 1.64 bits per heavy atom. The van der Waals surface area contributed by atoms with Crippen molar-refractivity contribution in [2.75, 3.05) is 7.11 Å². The molecule has 1 fully saturated rings. The van der Waals surface area contributed by atoms with Gasteiger partial charge < -0.3 is 14.6 Å². The Labute approximate surface area is 221 Å². The normalized spacial score (nSPS) is 26.2. The molecular formula is C29H22BrNO4S. The monoisotopic (exact) mass is 559 g/mol. The minimum Gasteiger partial charge on any atom is -0.495 e. The molecule has 1 aliphatic heterocycles. The fraction of sp³-hybridized carbons (Fsp3) is 0.172. The molecule has 1 N–H and O–H groups in total. The number of pyridine rings is 1. The highest BCUT2D eigenvalue weighted by Crippen LogP contribution is 2.68. The lowest BCUT2D eigenvalue weighted by Gasteiger charge is -2.39. The Morgan fingerprint density at radius 3 is 2.31 bits per heavy atom. The summed E-state index contributed by atoms with van der Waals surface area (Å²) in [7, 11) is 1.50. The van der Waals surface area contributed by atoms with Crippen LogP contribution in [0.2, 0.25) is 0 Å². The number of benzene rings is 3. The van der Waals surface area contributed by atoms with Crippen LogP contribution in [0.25, 0.3) is 0 Å². The zero-order valence-corrected chi connectivity index (χ0v) is 21.7. The minimum atomic E-state index is -2.00. The topological polar surface area (TPSA) is 68.7 Å². The zero-order chi connectivity index (χ0) is 24.9. The molecule has 1 aliphatic carbocycles. The Hall–Kier alpha value is -3.13. The molecule has 0 spiro atoms. The molecule has 3 aromatic carbocycles. The van der Waals surface area contributed by atoms with E-state index in [1.807, 2.05) is 84.9 Å².